The van der Waals surface area contributed by atoms with E-state index in [4.69, 9.17) is 11.6 Å². The maximum absolute atomic E-state index is 15.6. The van der Waals surface area contributed by atoms with Gasteiger partial charge in [0.05, 0.1) is 10.6 Å². The number of hydrogen-bond acceptors (Lipinski definition) is 5. The van der Waals surface area contributed by atoms with Crippen LogP contribution in [0.15, 0.2) is 43.2 Å². The fourth-order valence-corrected chi connectivity index (χ4v) is 5.19. The second-order valence-corrected chi connectivity index (χ2v) is 8.42. The summed E-state index contributed by atoms with van der Waals surface area (Å²) in [5.74, 6) is -1.63. The average molecular weight is 457 g/mol. The zero-order chi connectivity index (χ0) is 22.6. The molecule has 1 aromatic heterocycles. The Bertz CT molecular complexity index is 1230. The van der Waals surface area contributed by atoms with Crippen molar-refractivity contribution in [3.8, 4) is 16.9 Å². The van der Waals surface area contributed by atoms with Crippen LogP contribution in [0.25, 0.3) is 22.0 Å². The predicted molar refractivity (Wildman–Crippen MR) is 118 cm³/mol. The molecule has 0 radical (unpaired) electrons. The van der Waals surface area contributed by atoms with Gasteiger partial charge < -0.3 is 14.9 Å². The summed E-state index contributed by atoms with van der Waals surface area (Å²) in [7, 11) is 0. The number of carbonyl (C=O) groups excluding carboxylic acids is 1. The van der Waals surface area contributed by atoms with Gasteiger partial charge in [-0.05, 0) is 37.1 Å². The molecule has 5 rings (SSSR count). The van der Waals surface area contributed by atoms with Crippen molar-refractivity contribution in [2.45, 2.75) is 24.9 Å². The highest BCUT2D eigenvalue weighted by Gasteiger charge is 2.42. The van der Waals surface area contributed by atoms with Gasteiger partial charge in [0, 0.05) is 36.1 Å². The van der Waals surface area contributed by atoms with Gasteiger partial charge >= 0.3 is 0 Å². The lowest BCUT2D eigenvalue weighted by molar-refractivity contribution is -0.129. The van der Waals surface area contributed by atoms with E-state index in [9.17, 15) is 14.3 Å². The number of benzene rings is 2. The molecule has 1 amide bonds. The molecule has 164 valence electrons. The van der Waals surface area contributed by atoms with Crippen molar-refractivity contribution in [3.63, 3.8) is 0 Å². The normalized spacial score (nSPS) is 20.1. The summed E-state index contributed by atoms with van der Waals surface area (Å²) >= 11 is 6.40. The lowest BCUT2D eigenvalue weighted by Crippen LogP contribution is -2.55. The molecule has 2 bridgehead atoms. The maximum Gasteiger partial charge on any atom is 0.246 e. The average Bonchev–Trinajstić information content (AvgIpc) is 3.04. The number of halogens is 3. The van der Waals surface area contributed by atoms with Crippen LogP contribution < -0.4 is 4.90 Å². The van der Waals surface area contributed by atoms with Crippen LogP contribution in [0.4, 0.5) is 14.6 Å². The number of anilines is 1. The minimum absolute atomic E-state index is 0.0132. The van der Waals surface area contributed by atoms with E-state index in [1.807, 2.05) is 9.80 Å². The number of amides is 1. The molecule has 9 heteroatoms. The second-order valence-electron chi connectivity index (χ2n) is 8.01. The monoisotopic (exact) mass is 456 g/mol. The number of nitrogens with zero attached hydrogens (tertiary/aromatic N) is 4. The Labute approximate surface area is 187 Å². The predicted octanol–water partition coefficient (Wildman–Crippen LogP) is 4.30. The first-order valence-corrected chi connectivity index (χ1v) is 10.6. The number of carbonyl (C=O) groups is 1. The first-order valence-electron chi connectivity index (χ1n) is 10.2. The van der Waals surface area contributed by atoms with E-state index in [1.54, 1.807) is 0 Å². The largest absolute Gasteiger partial charge is 0.507 e. The Morgan fingerprint density at radius 2 is 1.91 bits per heavy atom. The lowest BCUT2D eigenvalue weighted by Gasteiger charge is -2.41. The SMILES string of the molecule is C=CC(=O)N1C2CCC1CN(c1ncnc3c(F)c(-c4c(O)cccc4F)c(Cl)cc13)C2. The van der Waals surface area contributed by atoms with E-state index in [-0.39, 0.29) is 39.7 Å². The Hall–Kier alpha value is -3.26. The van der Waals surface area contributed by atoms with Gasteiger partial charge in [-0.25, -0.2) is 18.7 Å². The van der Waals surface area contributed by atoms with Crippen LogP contribution in [0, 0.1) is 11.6 Å². The Morgan fingerprint density at radius 3 is 2.56 bits per heavy atom. The zero-order valence-electron chi connectivity index (χ0n) is 16.9. The van der Waals surface area contributed by atoms with Gasteiger partial charge in [-0.1, -0.05) is 24.2 Å². The Balaban J connectivity index is 1.60. The molecular formula is C23H19ClF2N4O2. The quantitative estimate of drug-likeness (QED) is 0.595. The van der Waals surface area contributed by atoms with Crippen LogP contribution in [-0.2, 0) is 4.79 Å². The van der Waals surface area contributed by atoms with E-state index in [0.29, 0.717) is 24.3 Å². The number of rotatable bonds is 3. The number of aromatic nitrogens is 2. The van der Waals surface area contributed by atoms with Gasteiger partial charge in [-0.3, -0.25) is 4.79 Å². The van der Waals surface area contributed by atoms with Crippen molar-refractivity contribution in [1.29, 1.82) is 0 Å². The molecule has 2 atom stereocenters. The van der Waals surface area contributed by atoms with Gasteiger partial charge in [-0.15, -0.1) is 0 Å². The van der Waals surface area contributed by atoms with E-state index in [1.165, 1.54) is 30.6 Å². The number of hydrogen-bond donors (Lipinski definition) is 1. The van der Waals surface area contributed by atoms with Crippen molar-refractivity contribution in [3.05, 3.63) is 59.9 Å². The van der Waals surface area contributed by atoms with Gasteiger partial charge in [0.25, 0.3) is 0 Å². The van der Waals surface area contributed by atoms with Crippen molar-refractivity contribution in [1.82, 2.24) is 14.9 Å². The van der Waals surface area contributed by atoms with Gasteiger partial charge in [0.1, 0.15) is 29.2 Å². The van der Waals surface area contributed by atoms with E-state index >= 15 is 4.39 Å². The Morgan fingerprint density at radius 1 is 1.19 bits per heavy atom. The van der Waals surface area contributed by atoms with E-state index < -0.39 is 17.4 Å². The van der Waals surface area contributed by atoms with Crippen molar-refractivity contribution in [2.24, 2.45) is 0 Å². The summed E-state index contributed by atoms with van der Waals surface area (Å²) in [4.78, 5) is 24.6. The molecule has 2 unspecified atom stereocenters. The fraction of sp³-hybridized carbons (Fsp3) is 0.261. The summed E-state index contributed by atoms with van der Waals surface area (Å²) in [6.45, 7) is 4.67. The molecule has 0 saturated carbocycles. The highest BCUT2D eigenvalue weighted by atomic mass is 35.5. The first-order chi connectivity index (χ1) is 15.4. The number of fused-ring (bicyclic) bond motifs is 3. The molecule has 6 nitrogen and oxygen atoms in total. The molecule has 1 N–H and O–H groups in total. The van der Waals surface area contributed by atoms with Crippen LogP contribution in [0.2, 0.25) is 5.02 Å². The molecule has 2 aromatic carbocycles. The van der Waals surface area contributed by atoms with Gasteiger partial charge in [-0.2, -0.15) is 0 Å². The topological polar surface area (TPSA) is 69.6 Å². The van der Waals surface area contributed by atoms with Crippen LogP contribution in [0.3, 0.4) is 0 Å². The summed E-state index contributed by atoms with van der Waals surface area (Å²) in [5.41, 5.74) is -0.582. The second kappa shape index (κ2) is 7.70. The standard InChI is InChI=1S/C23H19ClF2N4O2/c1-2-18(32)30-12-6-7-13(30)10-29(9-12)23-14-8-15(24)19(21(26)22(14)27-11-28-23)20-16(25)4-3-5-17(20)31/h2-5,8,11-13,31H,1,6-7,9-10H2. The summed E-state index contributed by atoms with van der Waals surface area (Å²) < 4.78 is 30.0. The lowest BCUT2D eigenvalue weighted by atomic mass is 10.0. The number of piperazine rings is 1. The van der Waals surface area contributed by atoms with Crippen LogP contribution >= 0.6 is 11.6 Å². The van der Waals surface area contributed by atoms with Crippen molar-refractivity contribution < 1.29 is 18.7 Å². The molecule has 0 spiro atoms. The number of phenols is 1. The smallest absolute Gasteiger partial charge is 0.246 e. The zero-order valence-corrected chi connectivity index (χ0v) is 17.7. The van der Waals surface area contributed by atoms with E-state index in [0.717, 1.165) is 18.9 Å². The molecule has 3 heterocycles. The molecular weight excluding hydrogens is 438 g/mol. The number of aromatic hydroxyl groups is 1. The third-order valence-electron chi connectivity index (χ3n) is 6.25. The Kier molecular flexibility index (Phi) is 4.97. The molecule has 3 aromatic rings. The summed E-state index contributed by atoms with van der Waals surface area (Å²) in [6.07, 6.45) is 4.32. The minimum Gasteiger partial charge on any atom is -0.507 e. The fourth-order valence-electron chi connectivity index (χ4n) is 4.90. The van der Waals surface area contributed by atoms with Crippen molar-refractivity contribution in [2.75, 3.05) is 18.0 Å². The van der Waals surface area contributed by atoms with Gasteiger partial charge in [0.15, 0.2) is 5.82 Å². The van der Waals surface area contributed by atoms with Gasteiger partial charge in [0.2, 0.25) is 5.91 Å². The minimum atomic E-state index is -0.833. The number of phenolic OH excluding ortho intramolecular Hbond substituents is 1. The molecule has 0 aliphatic carbocycles. The summed E-state index contributed by atoms with van der Waals surface area (Å²) in [6, 6.07) is 5.24. The van der Waals surface area contributed by atoms with E-state index in [2.05, 4.69) is 16.5 Å². The van der Waals surface area contributed by atoms with Crippen molar-refractivity contribution >= 4 is 34.2 Å². The third kappa shape index (κ3) is 3.09. The molecule has 2 saturated heterocycles. The molecule has 2 aliphatic heterocycles. The molecule has 2 aliphatic rings. The molecule has 32 heavy (non-hydrogen) atoms. The highest BCUT2D eigenvalue weighted by molar-refractivity contribution is 6.34. The third-order valence-corrected chi connectivity index (χ3v) is 6.55. The highest BCUT2D eigenvalue weighted by Crippen LogP contribution is 2.42. The first kappa shape index (κ1) is 20.6. The van der Waals surface area contributed by atoms with Crippen LogP contribution in [0.5, 0.6) is 5.75 Å². The van der Waals surface area contributed by atoms with Crippen LogP contribution in [0.1, 0.15) is 12.8 Å². The molecule has 2 fully saturated rings. The summed E-state index contributed by atoms with van der Waals surface area (Å²) in [5, 5.41) is 10.5. The van der Waals surface area contributed by atoms with Crippen LogP contribution in [-0.4, -0.2) is 51.1 Å². The maximum atomic E-state index is 15.6.